The second kappa shape index (κ2) is 9.26. The Morgan fingerprint density at radius 1 is 0.444 bits per heavy atom. The molecule has 36 heavy (non-hydrogen) atoms. The van der Waals surface area contributed by atoms with Crippen molar-refractivity contribution >= 4 is 11.6 Å². The Hall–Kier alpha value is -2.22. The van der Waals surface area contributed by atoms with Crippen molar-refractivity contribution in [1.82, 2.24) is 0 Å². The third-order valence-electron chi connectivity index (χ3n) is 6.99. The molecule has 198 valence electrons. The molecule has 2 aromatic carbocycles. The maximum atomic E-state index is 14.3. The van der Waals surface area contributed by atoms with Gasteiger partial charge in [0.05, 0.1) is 0 Å². The lowest BCUT2D eigenvalue weighted by atomic mass is 9.70. The van der Waals surface area contributed by atoms with Crippen LogP contribution < -0.4 is 0 Å². The van der Waals surface area contributed by atoms with E-state index in [1.165, 1.54) is 5.56 Å². The van der Waals surface area contributed by atoms with E-state index in [0.717, 1.165) is 22.3 Å². The second-order valence-electron chi connectivity index (χ2n) is 15.6. The molecule has 0 saturated carbocycles. The summed E-state index contributed by atoms with van der Waals surface area (Å²) in [4.78, 5) is 28.3. The third kappa shape index (κ3) is 6.36. The zero-order valence-corrected chi connectivity index (χ0v) is 25.7. The fourth-order valence-electron chi connectivity index (χ4n) is 4.57. The van der Waals surface area contributed by atoms with Gasteiger partial charge in [-0.25, -0.2) is 0 Å². The van der Waals surface area contributed by atoms with Crippen molar-refractivity contribution < 1.29 is 9.59 Å². The molecule has 0 fully saturated rings. The van der Waals surface area contributed by atoms with Crippen molar-refractivity contribution in [1.29, 1.82) is 0 Å². The first-order valence-electron chi connectivity index (χ1n) is 13.3. The predicted molar refractivity (Wildman–Crippen MR) is 155 cm³/mol. The molecule has 0 unspecified atom stereocenters. The van der Waals surface area contributed by atoms with E-state index in [2.05, 4.69) is 122 Å². The fourth-order valence-corrected chi connectivity index (χ4v) is 4.57. The zero-order valence-electron chi connectivity index (χ0n) is 25.7. The van der Waals surface area contributed by atoms with E-state index in [4.69, 9.17) is 0 Å². The normalized spacial score (nSPS) is 13.6. The molecule has 0 aliphatic carbocycles. The van der Waals surface area contributed by atoms with Crippen molar-refractivity contribution in [3.8, 4) is 0 Å². The molecule has 0 atom stereocenters. The van der Waals surface area contributed by atoms with E-state index < -0.39 is 11.6 Å². The lowest BCUT2D eigenvalue weighted by Crippen LogP contribution is -2.30. The number of hydrogen-bond donors (Lipinski definition) is 0. The van der Waals surface area contributed by atoms with Gasteiger partial charge in [0.1, 0.15) is 0 Å². The highest BCUT2D eigenvalue weighted by atomic mass is 16.2. The fraction of sp³-hybridized carbons (Fsp3) is 0.588. The summed E-state index contributed by atoms with van der Waals surface area (Å²) < 4.78 is 0. The Morgan fingerprint density at radius 2 is 0.806 bits per heavy atom. The van der Waals surface area contributed by atoms with Gasteiger partial charge in [-0.1, -0.05) is 134 Å². The van der Waals surface area contributed by atoms with Crippen LogP contribution in [0.15, 0.2) is 30.3 Å². The number of carbonyl (C=O) groups excluding carboxylic acids is 2. The SMILES string of the molecule is CC(C)(C)c1ccc(C(=O)C(=O)c2c(C(C)(C)C)cc(C(C)(C)C)cc2C(C)(C)C)c(C(C)(C)C)c1. The van der Waals surface area contributed by atoms with Crippen LogP contribution in [0.5, 0.6) is 0 Å². The molecule has 0 aromatic heterocycles. The summed E-state index contributed by atoms with van der Waals surface area (Å²) in [7, 11) is 0. The van der Waals surface area contributed by atoms with Crippen LogP contribution in [-0.4, -0.2) is 11.6 Å². The van der Waals surface area contributed by atoms with Gasteiger partial charge in [-0.05, 0) is 54.9 Å². The van der Waals surface area contributed by atoms with Crippen LogP contribution in [-0.2, 0) is 27.1 Å². The highest BCUT2D eigenvalue weighted by molar-refractivity contribution is 6.50. The van der Waals surface area contributed by atoms with E-state index in [0.29, 0.717) is 11.1 Å². The molecule has 2 heteroatoms. The maximum Gasteiger partial charge on any atom is 0.234 e. The van der Waals surface area contributed by atoms with Gasteiger partial charge >= 0.3 is 0 Å². The molecular weight excluding hydrogens is 440 g/mol. The molecule has 0 N–H and O–H groups in total. The largest absolute Gasteiger partial charge is 0.285 e. The summed E-state index contributed by atoms with van der Waals surface area (Å²) in [6.45, 7) is 32.2. The Bertz CT molecular complexity index is 1120. The molecule has 0 aliphatic heterocycles. The van der Waals surface area contributed by atoms with Crippen LogP contribution in [0.1, 0.15) is 152 Å². The third-order valence-corrected chi connectivity index (χ3v) is 6.99. The summed E-state index contributed by atoms with van der Waals surface area (Å²) >= 11 is 0. The Morgan fingerprint density at radius 3 is 1.14 bits per heavy atom. The lowest BCUT2D eigenvalue weighted by molar-refractivity contribution is 0.0813. The molecule has 0 saturated heterocycles. The lowest BCUT2D eigenvalue weighted by Gasteiger charge is -2.33. The van der Waals surface area contributed by atoms with Crippen molar-refractivity contribution in [2.24, 2.45) is 0 Å². The first-order valence-corrected chi connectivity index (χ1v) is 13.3. The molecule has 2 rings (SSSR count). The van der Waals surface area contributed by atoms with Crippen molar-refractivity contribution in [3.05, 3.63) is 69.3 Å². The van der Waals surface area contributed by atoms with Crippen molar-refractivity contribution in [2.45, 2.75) is 131 Å². The Labute approximate surface area is 221 Å². The molecule has 0 spiro atoms. The first-order chi connectivity index (χ1) is 15.9. The average molecular weight is 491 g/mol. The van der Waals surface area contributed by atoms with Gasteiger partial charge in [0, 0.05) is 11.1 Å². The number of ketones is 2. The summed E-state index contributed by atoms with van der Waals surface area (Å²) in [6.07, 6.45) is 0. The Balaban J connectivity index is 2.91. The van der Waals surface area contributed by atoms with Crippen LogP contribution in [0.2, 0.25) is 0 Å². The molecule has 0 radical (unpaired) electrons. The quantitative estimate of drug-likeness (QED) is 0.317. The van der Waals surface area contributed by atoms with E-state index in [1.54, 1.807) is 0 Å². The minimum Gasteiger partial charge on any atom is -0.285 e. The number of Topliss-reactive ketones (excluding diaryl/α,β-unsaturated/α-hetero) is 2. The molecule has 0 aliphatic rings. The minimum atomic E-state index is -0.417. The number of rotatable bonds is 3. The first kappa shape index (κ1) is 30.0. The standard InChI is InChI=1S/C34H50O2/c1-30(2,3)21-16-17-23(24(18-21)32(7,8)9)28(35)29(36)27-25(33(10,11)12)19-22(31(4,5)6)20-26(27)34(13,14)15/h16-20H,1-15H3. The number of benzene rings is 2. The smallest absolute Gasteiger partial charge is 0.234 e. The summed E-state index contributed by atoms with van der Waals surface area (Å²) in [5, 5.41) is 0. The number of hydrogen-bond acceptors (Lipinski definition) is 2. The van der Waals surface area contributed by atoms with Crippen LogP contribution >= 0.6 is 0 Å². The topological polar surface area (TPSA) is 34.1 Å². The van der Waals surface area contributed by atoms with E-state index in [-0.39, 0.29) is 27.1 Å². The van der Waals surface area contributed by atoms with Crippen LogP contribution in [0.3, 0.4) is 0 Å². The summed E-state index contributed by atoms with van der Waals surface area (Å²) in [5.74, 6) is -0.820. The maximum absolute atomic E-state index is 14.3. The second-order valence-corrected chi connectivity index (χ2v) is 15.6. The summed E-state index contributed by atoms with van der Waals surface area (Å²) in [5.41, 5.74) is 5.27. The minimum absolute atomic E-state index is 0.0484. The average Bonchev–Trinajstić information content (AvgIpc) is 2.67. The van der Waals surface area contributed by atoms with E-state index >= 15 is 0 Å². The van der Waals surface area contributed by atoms with Crippen LogP contribution in [0.25, 0.3) is 0 Å². The molecule has 0 amide bonds. The highest BCUT2D eigenvalue weighted by Gasteiger charge is 2.36. The monoisotopic (exact) mass is 490 g/mol. The van der Waals surface area contributed by atoms with E-state index in [1.807, 2.05) is 12.1 Å². The van der Waals surface area contributed by atoms with Gasteiger partial charge in [-0.3, -0.25) is 9.59 Å². The molecule has 2 aromatic rings. The van der Waals surface area contributed by atoms with Gasteiger partial charge in [0.2, 0.25) is 11.6 Å². The van der Waals surface area contributed by atoms with Gasteiger partial charge in [0.25, 0.3) is 0 Å². The van der Waals surface area contributed by atoms with Crippen molar-refractivity contribution in [3.63, 3.8) is 0 Å². The van der Waals surface area contributed by atoms with Gasteiger partial charge in [0.15, 0.2) is 0 Å². The van der Waals surface area contributed by atoms with Gasteiger partial charge in [-0.15, -0.1) is 0 Å². The zero-order chi connectivity index (χ0) is 28.2. The van der Waals surface area contributed by atoms with E-state index in [9.17, 15) is 9.59 Å². The molecular formula is C34H50O2. The van der Waals surface area contributed by atoms with Gasteiger partial charge in [-0.2, -0.15) is 0 Å². The Kier molecular flexibility index (Phi) is 7.72. The van der Waals surface area contributed by atoms with Crippen molar-refractivity contribution in [2.75, 3.05) is 0 Å². The van der Waals surface area contributed by atoms with Gasteiger partial charge < -0.3 is 0 Å². The number of carbonyl (C=O) groups is 2. The predicted octanol–water partition coefficient (Wildman–Crippen LogP) is 9.24. The molecule has 0 heterocycles. The molecule has 2 nitrogen and oxygen atoms in total. The summed E-state index contributed by atoms with van der Waals surface area (Å²) in [6, 6.07) is 10.3. The highest BCUT2D eigenvalue weighted by Crippen LogP contribution is 2.40. The molecule has 0 bridgehead atoms. The van der Waals surface area contributed by atoms with Crippen LogP contribution in [0, 0.1) is 0 Å². The van der Waals surface area contributed by atoms with Crippen LogP contribution in [0.4, 0.5) is 0 Å².